The van der Waals surface area contributed by atoms with Crippen LogP contribution in [0.25, 0.3) is 26.7 Å². The Kier molecular flexibility index (Phi) is 4.43. The van der Waals surface area contributed by atoms with E-state index in [0.717, 1.165) is 39.4 Å². The van der Waals surface area contributed by atoms with Gasteiger partial charge in [0, 0.05) is 11.8 Å². The minimum Gasteiger partial charge on any atom is -0.296 e. The van der Waals surface area contributed by atoms with Crippen LogP contribution in [-0.4, -0.2) is 15.7 Å². The fraction of sp³-hybridized carbons (Fsp3) is 0.182. The van der Waals surface area contributed by atoms with Crippen LogP contribution in [0.4, 0.5) is 0 Å². The molecule has 2 aromatic heterocycles. The molecule has 4 heteroatoms. The normalized spacial score (nSPS) is 11.3. The molecule has 0 spiro atoms. The fourth-order valence-corrected chi connectivity index (χ4v) is 4.19. The highest BCUT2D eigenvalue weighted by Gasteiger charge is 2.16. The Morgan fingerprint density at radius 2 is 1.77 bits per heavy atom. The van der Waals surface area contributed by atoms with Gasteiger partial charge in [0.25, 0.3) is 0 Å². The van der Waals surface area contributed by atoms with E-state index < -0.39 is 0 Å². The summed E-state index contributed by atoms with van der Waals surface area (Å²) in [5.41, 5.74) is 4.79. The number of aromatic nitrogens is 2. The van der Waals surface area contributed by atoms with Gasteiger partial charge >= 0.3 is 0 Å². The van der Waals surface area contributed by atoms with Crippen LogP contribution < -0.4 is 0 Å². The summed E-state index contributed by atoms with van der Waals surface area (Å²) >= 11 is 1.60. The number of benzene rings is 2. The van der Waals surface area contributed by atoms with Crippen molar-refractivity contribution in [3.8, 4) is 21.7 Å². The second kappa shape index (κ2) is 6.89. The number of carbonyl (C=O) groups excluding carboxylic acids is 1. The van der Waals surface area contributed by atoms with Crippen LogP contribution in [0, 0.1) is 5.92 Å². The lowest BCUT2D eigenvalue weighted by Crippen LogP contribution is -1.94. The van der Waals surface area contributed by atoms with Crippen LogP contribution in [0.15, 0.2) is 60.8 Å². The lowest BCUT2D eigenvalue weighted by atomic mass is 10.0. The summed E-state index contributed by atoms with van der Waals surface area (Å²) < 4.78 is 1.90. The minimum atomic E-state index is 0.607. The van der Waals surface area contributed by atoms with E-state index in [4.69, 9.17) is 4.98 Å². The molecule has 130 valence electrons. The first-order chi connectivity index (χ1) is 12.7. The van der Waals surface area contributed by atoms with E-state index in [2.05, 4.69) is 50.2 Å². The Morgan fingerprint density at radius 1 is 1.04 bits per heavy atom. The van der Waals surface area contributed by atoms with Gasteiger partial charge in [0.05, 0.1) is 4.88 Å². The molecule has 0 unspecified atom stereocenters. The molecule has 0 aliphatic rings. The van der Waals surface area contributed by atoms with Gasteiger partial charge in [-0.05, 0) is 23.5 Å². The molecule has 4 rings (SSSR count). The van der Waals surface area contributed by atoms with E-state index in [1.807, 2.05) is 28.8 Å². The quantitative estimate of drug-likeness (QED) is 0.425. The SMILES string of the molecule is CC(C)Cc1ccc(-c2nc3sc(-c4ccccc4)cn3c2C=O)cc1. The van der Waals surface area contributed by atoms with Crippen molar-refractivity contribution < 1.29 is 4.79 Å². The molecule has 2 heterocycles. The number of aldehydes is 1. The third-order valence-corrected chi connectivity index (χ3v) is 5.44. The first-order valence-corrected chi connectivity index (χ1v) is 9.59. The van der Waals surface area contributed by atoms with Gasteiger partial charge in [-0.3, -0.25) is 9.20 Å². The second-order valence-corrected chi connectivity index (χ2v) is 7.88. The van der Waals surface area contributed by atoms with Gasteiger partial charge in [-0.25, -0.2) is 4.98 Å². The van der Waals surface area contributed by atoms with Gasteiger partial charge in [-0.2, -0.15) is 0 Å². The molecule has 0 aliphatic carbocycles. The molecule has 0 atom stereocenters. The van der Waals surface area contributed by atoms with Gasteiger partial charge in [0.15, 0.2) is 11.2 Å². The maximum atomic E-state index is 11.8. The van der Waals surface area contributed by atoms with Crippen LogP contribution in [-0.2, 0) is 6.42 Å². The van der Waals surface area contributed by atoms with E-state index in [-0.39, 0.29) is 0 Å². The molecular weight excluding hydrogens is 340 g/mol. The molecule has 4 aromatic rings. The predicted octanol–water partition coefficient (Wildman–Crippen LogP) is 5.74. The number of carbonyl (C=O) groups is 1. The predicted molar refractivity (Wildman–Crippen MR) is 108 cm³/mol. The van der Waals surface area contributed by atoms with E-state index in [0.29, 0.717) is 11.6 Å². The van der Waals surface area contributed by atoms with Crippen molar-refractivity contribution in [2.24, 2.45) is 5.92 Å². The van der Waals surface area contributed by atoms with Crippen molar-refractivity contribution in [3.63, 3.8) is 0 Å². The number of thiazole rings is 1. The Labute approximate surface area is 157 Å². The molecule has 0 bridgehead atoms. The number of hydrogen-bond donors (Lipinski definition) is 0. The van der Waals surface area contributed by atoms with Gasteiger partial charge in [-0.15, -0.1) is 0 Å². The summed E-state index contributed by atoms with van der Waals surface area (Å²) in [7, 11) is 0. The first kappa shape index (κ1) is 16.7. The summed E-state index contributed by atoms with van der Waals surface area (Å²) in [6, 6.07) is 18.6. The highest BCUT2D eigenvalue weighted by atomic mass is 32.1. The molecule has 0 fully saturated rings. The summed E-state index contributed by atoms with van der Waals surface area (Å²) in [6.07, 6.45) is 3.96. The molecule has 0 radical (unpaired) electrons. The summed E-state index contributed by atoms with van der Waals surface area (Å²) in [6.45, 7) is 4.43. The lowest BCUT2D eigenvalue weighted by molar-refractivity contribution is 0.111. The van der Waals surface area contributed by atoms with E-state index >= 15 is 0 Å². The van der Waals surface area contributed by atoms with E-state index in [1.165, 1.54) is 5.56 Å². The minimum absolute atomic E-state index is 0.607. The Bertz CT molecular complexity index is 1040. The third-order valence-electron chi connectivity index (χ3n) is 4.40. The van der Waals surface area contributed by atoms with Gasteiger partial charge in [0.1, 0.15) is 11.4 Å². The highest BCUT2D eigenvalue weighted by molar-refractivity contribution is 7.20. The Morgan fingerprint density at radius 3 is 2.42 bits per heavy atom. The van der Waals surface area contributed by atoms with Crippen molar-refractivity contribution in [2.45, 2.75) is 20.3 Å². The smallest absolute Gasteiger partial charge is 0.195 e. The lowest BCUT2D eigenvalue weighted by Gasteiger charge is -2.06. The largest absolute Gasteiger partial charge is 0.296 e. The van der Waals surface area contributed by atoms with Crippen LogP contribution in [0.2, 0.25) is 0 Å². The van der Waals surface area contributed by atoms with E-state index in [9.17, 15) is 4.79 Å². The number of nitrogens with zero attached hydrogens (tertiary/aromatic N) is 2. The topological polar surface area (TPSA) is 34.4 Å². The van der Waals surface area contributed by atoms with Gasteiger partial charge in [-0.1, -0.05) is 79.8 Å². The number of rotatable bonds is 5. The molecule has 0 aliphatic heterocycles. The summed E-state index contributed by atoms with van der Waals surface area (Å²) in [4.78, 5) is 18.5. The zero-order chi connectivity index (χ0) is 18.1. The molecule has 2 aromatic carbocycles. The highest BCUT2D eigenvalue weighted by Crippen LogP contribution is 2.32. The zero-order valence-electron chi connectivity index (χ0n) is 14.8. The average Bonchev–Trinajstić information content (AvgIpc) is 3.20. The molecule has 0 saturated heterocycles. The van der Waals surface area contributed by atoms with Crippen molar-refractivity contribution in [3.05, 3.63) is 72.1 Å². The van der Waals surface area contributed by atoms with Crippen LogP contribution >= 0.6 is 11.3 Å². The van der Waals surface area contributed by atoms with Crippen LogP contribution in [0.5, 0.6) is 0 Å². The Balaban J connectivity index is 1.74. The number of fused-ring (bicyclic) bond motifs is 1. The molecule has 3 nitrogen and oxygen atoms in total. The maximum Gasteiger partial charge on any atom is 0.195 e. The maximum absolute atomic E-state index is 11.8. The molecule has 0 amide bonds. The fourth-order valence-electron chi connectivity index (χ4n) is 3.19. The molecule has 26 heavy (non-hydrogen) atoms. The monoisotopic (exact) mass is 360 g/mol. The number of hydrogen-bond acceptors (Lipinski definition) is 3. The summed E-state index contributed by atoms with van der Waals surface area (Å²) in [5.74, 6) is 0.626. The molecule has 0 saturated carbocycles. The zero-order valence-corrected chi connectivity index (χ0v) is 15.7. The van der Waals surface area contributed by atoms with E-state index in [1.54, 1.807) is 11.3 Å². The third kappa shape index (κ3) is 3.08. The molecule has 0 N–H and O–H groups in total. The van der Waals surface area contributed by atoms with Gasteiger partial charge < -0.3 is 0 Å². The van der Waals surface area contributed by atoms with Crippen molar-refractivity contribution in [1.82, 2.24) is 9.38 Å². The van der Waals surface area contributed by atoms with Crippen molar-refractivity contribution >= 4 is 22.6 Å². The first-order valence-electron chi connectivity index (χ1n) is 8.77. The average molecular weight is 360 g/mol. The van der Waals surface area contributed by atoms with Crippen LogP contribution in [0.1, 0.15) is 29.9 Å². The summed E-state index contributed by atoms with van der Waals surface area (Å²) in [5, 5.41) is 0. The van der Waals surface area contributed by atoms with Crippen molar-refractivity contribution in [2.75, 3.05) is 0 Å². The van der Waals surface area contributed by atoms with Crippen LogP contribution in [0.3, 0.4) is 0 Å². The van der Waals surface area contributed by atoms with Crippen molar-refractivity contribution in [1.29, 1.82) is 0 Å². The number of imidazole rings is 1. The second-order valence-electron chi connectivity index (χ2n) is 6.87. The van der Waals surface area contributed by atoms with Gasteiger partial charge in [0.2, 0.25) is 0 Å². The standard InChI is InChI=1S/C22H20N2OS/c1-15(2)12-16-8-10-18(11-9-16)21-19(14-25)24-13-20(26-22(24)23-21)17-6-4-3-5-7-17/h3-11,13-15H,12H2,1-2H3. The Hall–Kier alpha value is -2.72. The molecular formula is C22H20N2OS.